The van der Waals surface area contributed by atoms with Crippen LogP contribution in [0.15, 0.2) is 60.9 Å². The molecule has 166 valence electrons. The Hall–Kier alpha value is -3.61. The van der Waals surface area contributed by atoms with Crippen LogP contribution in [0.4, 0.5) is 16.2 Å². The summed E-state index contributed by atoms with van der Waals surface area (Å²) in [6.45, 7) is 5.78. The van der Waals surface area contributed by atoms with Gasteiger partial charge in [0.1, 0.15) is 5.82 Å². The van der Waals surface area contributed by atoms with Crippen LogP contribution < -0.4 is 10.6 Å². The normalized spacial score (nSPS) is 15.9. The van der Waals surface area contributed by atoms with Crippen molar-refractivity contribution in [2.24, 2.45) is 5.92 Å². The summed E-state index contributed by atoms with van der Waals surface area (Å²) in [6, 6.07) is 15.4. The minimum absolute atomic E-state index is 0.0451. The number of nitrogens with one attached hydrogen (secondary N) is 2. The second-order valence-corrected chi connectivity index (χ2v) is 8.37. The van der Waals surface area contributed by atoms with Gasteiger partial charge in [-0.05, 0) is 62.1 Å². The van der Waals surface area contributed by atoms with E-state index in [1.165, 1.54) is 0 Å². The number of benzene rings is 2. The molecule has 4 rings (SSSR count). The van der Waals surface area contributed by atoms with Gasteiger partial charge in [0.05, 0.1) is 5.92 Å². The number of amides is 3. The van der Waals surface area contributed by atoms with E-state index in [1.54, 1.807) is 11.1 Å². The van der Waals surface area contributed by atoms with Crippen molar-refractivity contribution >= 4 is 23.3 Å². The van der Waals surface area contributed by atoms with Crippen molar-refractivity contribution in [3.63, 3.8) is 0 Å². The van der Waals surface area contributed by atoms with Crippen molar-refractivity contribution in [1.82, 2.24) is 14.5 Å². The number of anilines is 2. The van der Waals surface area contributed by atoms with Crippen molar-refractivity contribution in [3.8, 4) is 0 Å². The predicted molar refractivity (Wildman–Crippen MR) is 126 cm³/mol. The number of hydrogen-bond acceptors (Lipinski definition) is 3. The van der Waals surface area contributed by atoms with Crippen LogP contribution in [-0.4, -0.2) is 39.5 Å². The lowest BCUT2D eigenvalue weighted by Gasteiger charge is -2.32. The first-order valence-corrected chi connectivity index (χ1v) is 11.0. The maximum atomic E-state index is 12.8. The average molecular weight is 432 g/mol. The van der Waals surface area contributed by atoms with E-state index in [2.05, 4.69) is 20.2 Å². The van der Waals surface area contributed by atoms with Crippen molar-refractivity contribution in [2.45, 2.75) is 33.2 Å². The Labute approximate surface area is 188 Å². The predicted octanol–water partition coefficient (Wildman–Crippen LogP) is 4.43. The van der Waals surface area contributed by atoms with Gasteiger partial charge < -0.3 is 20.1 Å². The maximum absolute atomic E-state index is 12.8. The van der Waals surface area contributed by atoms with Crippen LogP contribution in [0.25, 0.3) is 0 Å². The number of likely N-dealkylation sites (tertiary alicyclic amines) is 1. The molecule has 0 aliphatic carbocycles. The molecule has 0 saturated carbocycles. The molecule has 0 radical (unpaired) electrons. The summed E-state index contributed by atoms with van der Waals surface area (Å²) in [5.41, 5.74) is 3.76. The quantitative estimate of drug-likeness (QED) is 0.627. The highest BCUT2D eigenvalue weighted by atomic mass is 16.2. The van der Waals surface area contributed by atoms with Crippen LogP contribution >= 0.6 is 0 Å². The van der Waals surface area contributed by atoms with Crippen LogP contribution in [0.5, 0.6) is 0 Å². The highest BCUT2D eigenvalue weighted by Crippen LogP contribution is 2.21. The topological polar surface area (TPSA) is 79.3 Å². The lowest BCUT2D eigenvalue weighted by atomic mass is 9.97. The Balaban J connectivity index is 1.32. The summed E-state index contributed by atoms with van der Waals surface area (Å²) >= 11 is 0. The molecule has 32 heavy (non-hydrogen) atoms. The minimum atomic E-state index is -0.222. The SMILES string of the molecule is Cc1cccc(NC(=O)N2CCCC(C(=O)Nc3ccc(Cn4ccnc4C)cc3)C2)c1. The molecule has 7 heteroatoms. The second-order valence-electron chi connectivity index (χ2n) is 8.37. The molecule has 1 aliphatic rings. The van der Waals surface area contributed by atoms with Crippen molar-refractivity contribution in [2.75, 3.05) is 23.7 Å². The van der Waals surface area contributed by atoms with Gasteiger partial charge in [-0.25, -0.2) is 9.78 Å². The van der Waals surface area contributed by atoms with Crippen LogP contribution in [-0.2, 0) is 11.3 Å². The third-order valence-electron chi connectivity index (χ3n) is 5.85. The van der Waals surface area contributed by atoms with E-state index < -0.39 is 0 Å². The number of carbonyl (C=O) groups is 2. The Morgan fingerprint density at radius 2 is 1.88 bits per heavy atom. The van der Waals surface area contributed by atoms with E-state index in [1.807, 2.05) is 68.6 Å². The first-order chi connectivity index (χ1) is 15.5. The smallest absolute Gasteiger partial charge is 0.321 e. The molecule has 3 aromatic rings. The van der Waals surface area contributed by atoms with Crippen LogP contribution in [0.1, 0.15) is 29.8 Å². The Morgan fingerprint density at radius 1 is 1.06 bits per heavy atom. The van der Waals surface area contributed by atoms with E-state index in [0.29, 0.717) is 13.1 Å². The monoisotopic (exact) mass is 431 g/mol. The molecule has 3 amide bonds. The number of hydrogen-bond donors (Lipinski definition) is 2. The zero-order chi connectivity index (χ0) is 22.5. The van der Waals surface area contributed by atoms with Crippen molar-refractivity contribution < 1.29 is 9.59 Å². The number of nitrogens with zero attached hydrogens (tertiary/aromatic N) is 3. The largest absolute Gasteiger partial charge is 0.331 e. The lowest BCUT2D eigenvalue weighted by Crippen LogP contribution is -2.45. The highest BCUT2D eigenvalue weighted by Gasteiger charge is 2.28. The first kappa shape index (κ1) is 21.6. The molecule has 2 heterocycles. The summed E-state index contributed by atoms with van der Waals surface area (Å²) < 4.78 is 2.08. The fourth-order valence-corrected chi connectivity index (χ4v) is 4.01. The molecule has 2 aromatic carbocycles. The van der Waals surface area contributed by atoms with E-state index in [0.717, 1.165) is 47.7 Å². The number of rotatable bonds is 5. The van der Waals surface area contributed by atoms with Gasteiger partial charge in [-0.3, -0.25) is 4.79 Å². The Morgan fingerprint density at radius 3 is 2.59 bits per heavy atom. The van der Waals surface area contributed by atoms with E-state index in [4.69, 9.17) is 0 Å². The summed E-state index contributed by atoms with van der Waals surface area (Å²) in [7, 11) is 0. The summed E-state index contributed by atoms with van der Waals surface area (Å²) in [5.74, 6) is 0.701. The van der Waals surface area contributed by atoms with Gasteiger partial charge >= 0.3 is 6.03 Å². The number of aromatic nitrogens is 2. The molecule has 0 bridgehead atoms. The van der Waals surface area contributed by atoms with Gasteiger partial charge in [0.2, 0.25) is 5.91 Å². The molecule has 0 spiro atoms. The molecule has 1 aliphatic heterocycles. The van der Waals surface area contributed by atoms with Gasteiger partial charge in [-0.1, -0.05) is 24.3 Å². The molecular formula is C25H29N5O2. The van der Waals surface area contributed by atoms with Crippen LogP contribution in [0.2, 0.25) is 0 Å². The zero-order valence-corrected chi connectivity index (χ0v) is 18.5. The zero-order valence-electron chi connectivity index (χ0n) is 18.5. The summed E-state index contributed by atoms with van der Waals surface area (Å²) in [5, 5.41) is 5.95. The van der Waals surface area contributed by atoms with Gasteiger partial charge in [0.25, 0.3) is 0 Å². The van der Waals surface area contributed by atoms with E-state index >= 15 is 0 Å². The molecule has 1 fully saturated rings. The molecule has 1 aromatic heterocycles. The average Bonchev–Trinajstić information content (AvgIpc) is 3.19. The van der Waals surface area contributed by atoms with Crippen LogP contribution in [0, 0.1) is 19.8 Å². The molecular weight excluding hydrogens is 402 g/mol. The fraction of sp³-hybridized carbons (Fsp3) is 0.320. The van der Waals surface area contributed by atoms with Gasteiger partial charge in [0.15, 0.2) is 0 Å². The third kappa shape index (κ3) is 5.35. The molecule has 2 N–H and O–H groups in total. The van der Waals surface area contributed by atoms with Gasteiger partial charge in [0, 0.05) is 43.4 Å². The number of imidazole rings is 1. The van der Waals surface area contributed by atoms with Crippen molar-refractivity contribution in [3.05, 3.63) is 77.9 Å². The fourth-order valence-electron chi connectivity index (χ4n) is 4.01. The molecule has 7 nitrogen and oxygen atoms in total. The Kier molecular flexibility index (Phi) is 6.54. The van der Waals surface area contributed by atoms with Gasteiger partial charge in [-0.2, -0.15) is 0 Å². The standard InChI is InChI=1S/C25H29N5O2/c1-18-5-3-7-23(15-18)28-25(32)30-13-4-6-21(17-30)24(31)27-22-10-8-20(9-11-22)16-29-14-12-26-19(29)2/h3,5,7-12,14-15,21H,4,6,13,16-17H2,1-2H3,(H,27,31)(H,28,32). The molecule has 1 saturated heterocycles. The minimum Gasteiger partial charge on any atom is -0.331 e. The number of aryl methyl sites for hydroxylation is 2. The maximum Gasteiger partial charge on any atom is 0.321 e. The first-order valence-electron chi connectivity index (χ1n) is 11.0. The van der Waals surface area contributed by atoms with Gasteiger partial charge in [-0.15, -0.1) is 0 Å². The second kappa shape index (κ2) is 9.68. The number of piperidine rings is 1. The number of urea groups is 1. The van der Waals surface area contributed by atoms with E-state index in [-0.39, 0.29) is 17.9 Å². The molecule has 1 atom stereocenters. The lowest BCUT2D eigenvalue weighted by molar-refractivity contribution is -0.121. The highest BCUT2D eigenvalue weighted by molar-refractivity contribution is 5.94. The molecule has 1 unspecified atom stereocenters. The number of carbonyl (C=O) groups excluding carboxylic acids is 2. The van der Waals surface area contributed by atoms with Crippen molar-refractivity contribution in [1.29, 1.82) is 0 Å². The summed E-state index contributed by atoms with van der Waals surface area (Å²) in [6.07, 6.45) is 5.33. The summed E-state index contributed by atoms with van der Waals surface area (Å²) in [4.78, 5) is 31.5. The Bertz CT molecular complexity index is 1090. The third-order valence-corrected chi connectivity index (χ3v) is 5.85. The van der Waals surface area contributed by atoms with E-state index in [9.17, 15) is 9.59 Å². The van der Waals surface area contributed by atoms with Crippen LogP contribution in [0.3, 0.4) is 0 Å².